The van der Waals surface area contributed by atoms with Crippen LogP contribution in [0.5, 0.6) is 0 Å². The molecule has 1 aliphatic rings. The van der Waals surface area contributed by atoms with Crippen LogP contribution in [0, 0.1) is 12.3 Å². The van der Waals surface area contributed by atoms with E-state index in [1.165, 1.54) is 5.92 Å². The lowest BCUT2D eigenvalue weighted by molar-refractivity contribution is -0.135. The Morgan fingerprint density at radius 2 is 2.00 bits per heavy atom. The van der Waals surface area contributed by atoms with Crippen molar-refractivity contribution < 1.29 is 23.5 Å². The molecule has 0 aromatic rings. The molecule has 0 aliphatic carbocycles. The molecule has 0 N–H and O–H groups in total. The lowest BCUT2D eigenvalue weighted by atomic mass is 10.6. The van der Waals surface area contributed by atoms with Crippen LogP contribution in [0.15, 0.2) is 12.2 Å². The fourth-order valence-corrected chi connectivity index (χ4v) is 0.755. The molecule has 0 bridgehead atoms. The summed E-state index contributed by atoms with van der Waals surface area (Å²) >= 11 is 0. The molecular formula is C8H4FNO4. The van der Waals surface area contributed by atoms with Crippen molar-refractivity contribution in [3.05, 3.63) is 12.2 Å². The summed E-state index contributed by atoms with van der Waals surface area (Å²) < 4.78 is 16.3. The Kier molecular flexibility index (Phi) is 2.62. The predicted molar refractivity (Wildman–Crippen MR) is 41.2 cm³/mol. The number of hydrogen-bond acceptors (Lipinski definition) is 4. The number of terminal acetylenes is 1. The molecule has 1 rings (SSSR count). The summed E-state index contributed by atoms with van der Waals surface area (Å²) in [5.74, 6) is -0.300. The van der Waals surface area contributed by atoms with Crippen LogP contribution in [0.2, 0.25) is 0 Å². The summed E-state index contributed by atoms with van der Waals surface area (Å²) in [6.45, 7) is 0. The molecule has 1 atom stereocenters. The second-order valence-electron chi connectivity index (χ2n) is 2.21. The first-order chi connectivity index (χ1) is 6.56. The Morgan fingerprint density at radius 1 is 1.50 bits per heavy atom. The molecule has 0 aromatic carbocycles. The fraction of sp³-hybridized carbons (Fsp3) is 0.125. The van der Waals surface area contributed by atoms with Gasteiger partial charge in [0.25, 0.3) is 11.8 Å². The third-order valence-electron chi connectivity index (χ3n) is 1.33. The molecule has 6 heteroatoms. The summed E-state index contributed by atoms with van der Waals surface area (Å²) in [6, 6.07) is 0. The Morgan fingerprint density at radius 3 is 2.43 bits per heavy atom. The molecule has 0 radical (unpaired) electrons. The monoisotopic (exact) mass is 197 g/mol. The van der Waals surface area contributed by atoms with Crippen LogP contribution in [0.4, 0.5) is 9.18 Å². The van der Waals surface area contributed by atoms with Crippen LogP contribution in [0.1, 0.15) is 0 Å². The standard InChI is InChI=1S/C8H4FNO4/c1-2-5(9)14-8(13)10-6(11)3-4-7(10)12/h1,3-5H. The molecule has 0 aromatic heterocycles. The zero-order chi connectivity index (χ0) is 10.7. The van der Waals surface area contributed by atoms with Gasteiger partial charge in [0.15, 0.2) is 0 Å². The van der Waals surface area contributed by atoms with Gasteiger partial charge in [0.05, 0.1) is 0 Å². The Hall–Kier alpha value is -2.16. The van der Waals surface area contributed by atoms with Crippen molar-refractivity contribution in [2.75, 3.05) is 0 Å². The van der Waals surface area contributed by atoms with E-state index in [1.54, 1.807) is 0 Å². The number of carbonyl (C=O) groups excluding carboxylic acids is 3. The first kappa shape index (κ1) is 9.92. The summed E-state index contributed by atoms with van der Waals surface area (Å²) in [5.41, 5.74) is 0. The Bertz CT molecular complexity index is 350. The highest BCUT2D eigenvalue weighted by molar-refractivity contribution is 6.21. The SMILES string of the molecule is C#CC(F)OC(=O)N1C(=O)C=CC1=O. The molecule has 72 valence electrons. The smallest absolute Gasteiger partial charge is 0.402 e. The van der Waals surface area contributed by atoms with E-state index in [9.17, 15) is 18.8 Å². The maximum absolute atomic E-state index is 12.3. The Balaban J connectivity index is 2.68. The largest absolute Gasteiger partial charge is 0.427 e. The third-order valence-corrected chi connectivity index (χ3v) is 1.33. The number of carbonyl (C=O) groups is 3. The quantitative estimate of drug-likeness (QED) is 0.437. The first-order valence-corrected chi connectivity index (χ1v) is 3.43. The van der Waals surface area contributed by atoms with Crippen LogP contribution < -0.4 is 0 Å². The molecule has 1 aliphatic heterocycles. The molecule has 1 heterocycles. The molecule has 1 unspecified atom stereocenters. The number of ether oxygens (including phenoxy) is 1. The third kappa shape index (κ3) is 1.77. The molecule has 5 nitrogen and oxygen atoms in total. The van der Waals surface area contributed by atoms with Crippen LogP contribution in [0.25, 0.3) is 0 Å². The van der Waals surface area contributed by atoms with E-state index < -0.39 is 24.3 Å². The van der Waals surface area contributed by atoms with Gasteiger partial charge in [0, 0.05) is 12.2 Å². The summed E-state index contributed by atoms with van der Waals surface area (Å²) in [4.78, 5) is 32.7. The molecule has 0 saturated heterocycles. The van der Waals surface area contributed by atoms with Gasteiger partial charge < -0.3 is 4.74 Å². The van der Waals surface area contributed by atoms with Crippen molar-refractivity contribution in [3.63, 3.8) is 0 Å². The number of hydrogen-bond donors (Lipinski definition) is 0. The average Bonchev–Trinajstić information content (AvgIpc) is 2.46. The number of alkyl halides is 1. The lowest BCUT2D eigenvalue weighted by Gasteiger charge is -2.11. The van der Waals surface area contributed by atoms with E-state index in [-0.39, 0.29) is 4.90 Å². The van der Waals surface area contributed by atoms with Gasteiger partial charge in [0.2, 0.25) is 0 Å². The van der Waals surface area contributed by atoms with Gasteiger partial charge in [-0.3, -0.25) is 9.59 Å². The highest BCUT2D eigenvalue weighted by Crippen LogP contribution is 2.07. The number of halogens is 1. The van der Waals surface area contributed by atoms with Crippen molar-refractivity contribution >= 4 is 17.9 Å². The topological polar surface area (TPSA) is 63.7 Å². The molecule has 0 fully saturated rings. The summed E-state index contributed by atoms with van der Waals surface area (Å²) in [5, 5.41) is 0. The lowest BCUT2D eigenvalue weighted by Crippen LogP contribution is -2.37. The Labute approximate surface area is 78.1 Å². The summed E-state index contributed by atoms with van der Waals surface area (Å²) in [6.07, 6.45) is 2.62. The second-order valence-corrected chi connectivity index (χ2v) is 2.21. The van der Waals surface area contributed by atoms with Crippen molar-refractivity contribution in [2.24, 2.45) is 0 Å². The fourth-order valence-electron chi connectivity index (χ4n) is 0.755. The van der Waals surface area contributed by atoms with Crippen molar-refractivity contribution in [2.45, 2.75) is 6.36 Å². The number of amides is 3. The minimum Gasteiger partial charge on any atom is -0.402 e. The van der Waals surface area contributed by atoms with Gasteiger partial charge in [-0.15, -0.1) is 6.42 Å². The summed E-state index contributed by atoms with van der Waals surface area (Å²) in [7, 11) is 0. The van der Waals surface area contributed by atoms with E-state index in [4.69, 9.17) is 0 Å². The van der Waals surface area contributed by atoms with Crippen molar-refractivity contribution in [1.29, 1.82) is 0 Å². The van der Waals surface area contributed by atoms with Crippen LogP contribution in [-0.2, 0) is 14.3 Å². The van der Waals surface area contributed by atoms with Gasteiger partial charge in [-0.1, -0.05) is 0 Å². The molecule has 3 amide bonds. The van der Waals surface area contributed by atoms with Crippen LogP contribution in [-0.4, -0.2) is 29.2 Å². The van der Waals surface area contributed by atoms with Gasteiger partial charge >= 0.3 is 12.5 Å². The van der Waals surface area contributed by atoms with Gasteiger partial charge in [-0.05, 0) is 5.92 Å². The zero-order valence-electron chi connectivity index (χ0n) is 6.77. The maximum Gasteiger partial charge on any atom is 0.427 e. The van der Waals surface area contributed by atoms with Crippen LogP contribution in [0.3, 0.4) is 0 Å². The van der Waals surface area contributed by atoms with Crippen molar-refractivity contribution in [1.82, 2.24) is 4.90 Å². The minimum atomic E-state index is -2.27. The first-order valence-electron chi connectivity index (χ1n) is 3.43. The highest BCUT2D eigenvalue weighted by atomic mass is 19.1. The van der Waals surface area contributed by atoms with E-state index in [2.05, 4.69) is 11.2 Å². The van der Waals surface area contributed by atoms with Crippen LogP contribution >= 0.6 is 0 Å². The number of rotatable bonds is 1. The number of imide groups is 3. The maximum atomic E-state index is 12.3. The highest BCUT2D eigenvalue weighted by Gasteiger charge is 2.32. The van der Waals surface area contributed by atoms with E-state index >= 15 is 0 Å². The molecular weight excluding hydrogens is 193 g/mol. The normalized spacial score (nSPS) is 16.7. The minimum absolute atomic E-state index is 0.143. The number of nitrogens with zero attached hydrogens (tertiary/aromatic N) is 1. The van der Waals surface area contributed by atoms with E-state index in [0.717, 1.165) is 12.2 Å². The average molecular weight is 197 g/mol. The van der Waals surface area contributed by atoms with Crippen molar-refractivity contribution in [3.8, 4) is 12.3 Å². The second kappa shape index (κ2) is 3.70. The predicted octanol–water partition coefficient (Wildman–Crippen LogP) is -0.0232. The molecule has 14 heavy (non-hydrogen) atoms. The van der Waals surface area contributed by atoms with Gasteiger partial charge in [-0.25, -0.2) is 4.79 Å². The zero-order valence-corrected chi connectivity index (χ0v) is 6.77. The molecule has 0 spiro atoms. The van der Waals surface area contributed by atoms with E-state index in [1.807, 2.05) is 0 Å². The van der Waals surface area contributed by atoms with E-state index in [0.29, 0.717) is 0 Å². The van der Waals surface area contributed by atoms with Gasteiger partial charge in [-0.2, -0.15) is 9.29 Å². The molecule has 0 saturated carbocycles. The van der Waals surface area contributed by atoms with Gasteiger partial charge in [0.1, 0.15) is 0 Å².